The van der Waals surface area contributed by atoms with Gasteiger partial charge in [0.05, 0.1) is 0 Å². The minimum absolute atomic E-state index is 0.146. The fourth-order valence-electron chi connectivity index (χ4n) is 3.55. The molecule has 0 radical (unpaired) electrons. The van der Waals surface area contributed by atoms with Crippen LogP contribution in [-0.2, 0) is 6.61 Å². The molecule has 29 heavy (non-hydrogen) atoms. The molecule has 2 heteroatoms. The van der Waals surface area contributed by atoms with Crippen molar-refractivity contribution < 1.29 is 9.53 Å². The van der Waals surface area contributed by atoms with Gasteiger partial charge in [-0.15, -0.1) is 0 Å². The summed E-state index contributed by atoms with van der Waals surface area (Å²) in [6.45, 7) is 12.6. The largest absolute Gasteiger partial charge is 0.489 e. The fourth-order valence-corrected chi connectivity index (χ4v) is 3.55. The van der Waals surface area contributed by atoms with Gasteiger partial charge in [0.2, 0.25) is 0 Å². The van der Waals surface area contributed by atoms with Crippen molar-refractivity contribution in [3.05, 3.63) is 88.5 Å². The van der Waals surface area contributed by atoms with E-state index in [4.69, 9.17) is 4.74 Å². The molecule has 0 bridgehead atoms. The van der Waals surface area contributed by atoms with E-state index in [9.17, 15) is 4.79 Å². The number of carbonyl (C=O) groups is 1. The highest BCUT2D eigenvalue weighted by Crippen LogP contribution is 2.30. The summed E-state index contributed by atoms with van der Waals surface area (Å²) >= 11 is 0. The number of aryl methyl sites for hydroxylation is 3. The summed E-state index contributed by atoms with van der Waals surface area (Å²) in [5.74, 6) is 0.983. The van der Waals surface area contributed by atoms with Gasteiger partial charge in [0.15, 0.2) is 5.78 Å². The fraction of sp³-hybridized carbons (Fsp3) is 0.296. The Balaban J connectivity index is 1.75. The summed E-state index contributed by atoms with van der Waals surface area (Å²) in [7, 11) is 0. The van der Waals surface area contributed by atoms with Gasteiger partial charge in [0.1, 0.15) is 12.4 Å². The second-order valence-corrected chi connectivity index (χ2v) is 8.86. The van der Waals surface area contributed by atoms with E-state index < -0.39 is 0 Å². The van der Waals surface area contributed by atoms with Gasteiger partial charge in [-0.25, -0.2) is 0 Å². The van der Waals surface area contributed by atoms with Crippen molar-refractivity contribution in [2.75, 3.05) is 0 Å². The Kier molecular flexibility index (Phi) is 5.93. The molecule has 0 unspecified atom stereocenters. The topological polar surface area (TPSA) is 26.3 Å². The maximum Gasteiger partial charge on any atom is 0.168 e. The van der Waals surface area contributed by atoms with Crippen LogP contribution in [0.4, 0.5) is 0 Å². The molecule has 0 aliphatic carbocycles. The van der Waals surface area contributed by atoms with Crippen LogP contribution in [0.5, 0.6) is 5.75 Å². The Morgan fingerprint density at radius 2 is 1.48 bits per heavy atom. The van der Waals surface area contributed by atoms with Crippen molar-refractivity contribution >= 4 is 5.78 Å². The Morgan fingerprint density at radius 1 is 0.828 bits per heavy atom. The Labute approximate surface area is 174 Å². The molecule has 3 aromatic carbocycles. The summed E-state index contributed by atoms with van der Waals surface area (Å²) in [5.41, 5.74) is 7.57. The van der Waals surface area contributed by atoms with E-state index in [1.54, 1.807) is 0 Å². The minimum atomic E-state index is -0.388. The van der Waals surface area contributed by atoms with Gasteiger partial charge in [0, 0.05) is 11.0 Å². The molecule has 0 heterocycles. The smallest absolute Gasteiger partial charge is 0.168 e. The van der Waals surface area contributed by atoms with Crippen LogP contribution in [0, 0.1) is 26.2 Å². The molecule has 0 fully saturated rings. The first-order valence-corrected chi connectivity index (χ1v) is 10.1. The predicted molar refractivity (Wildman–Crippen MR) is 121 cm³/mol. The molecule has 3 aromatic rings. The quantitative estimate of drug-likeness (QED) is 0.438. The third kappa shape index (κ3) is 4.95. The van der Waals surface area contributed by atoms with Gasteiger partial charge in [-0.1, -0.05) is 68.8 Å². The van der Waals surface area contributed by atoms with Crippen LogP contribution in [0.1, 0.15) is 53.4 Å². The standard InChI is InChI=1S/C27H30O2/c1-18-10-12-24(19(2)14-18)25-13-11-23(15-20(25)3)29-17-21-8-7-9-22(16-21)26(28)27(4,5)6/h7-16H,17H2,1-6H3. The molecular weight excluding hydrogens is 356 g/mol. The number of benzene rings is 3. The molecule has 0 aliphatic rings. The van der Waals surface area contributed by atoms with Gasteiger partial charge in [-0.05, 0) is 66.8 Å². The second kappa shape index (κ2) is 8.24. The zero-order valence-electron chi connectivity index (χ0n) is 18.3. The average molecular weight is 387 g/mol. The summed E-state index contributed by atoms with van der Waals surface area (Å²) in [5, 5.41) is 0. The molecule has 0 saturated heterocycles. The molecule has 0 atom stereocenters. The Bertz CT molecular complexity index is 1040. The molecule has 0 amide bonds. The SMILES string of the molecule is Cc1ccc(-c2ccc(OCc3cccc(C(=O)C(C)(C)C)c3)cc2C)c(C)c1. The summed E-state index contributed by atoms with van der Waals surface area (Å²) < 4.78 is 6.02. The van der Waals surface area contributed by atoms with E-state index >= 15 is 0 Å². The highest BCUT2D eigenvalue weighted by Gasteiger charge is 2.22. The van der Waals surface area contributed by atoms with Crippen LogP contribution in [0.2, 0.25) is 0 Å². The highest BCUT2D eigenvalue weighted by atomic mass is 16.5. The van der Waals surface area contributed by atoms with Crippen LogP contribution in [-0.4, -0.2) is 5.78 Å². The van der Waals surface area contributed by atoms with E-state index in [-0.39, 0.29) is 11.2 Å². The molecule has 3 rings (SSSR count). The maximum atomic E-state index is 12.5. The summed E-state index contributed by atoms with van der Waals surface area (Å²) in [6, 6.07) is 20.5. The van der Waals surface area contributed by atoms with Gasteiger partial charge in [0.25, 0.3) is 0 Å². The van der Waals surface area contributed by atoms with Gasteiger partial charge < -0.3 is 4.74 Å². The number of rotatable bonds is 5. The molecule has 0 saturated carbocycles. The lowest BCUT2D eigenvalue weighted by molar-refractivity contribution is 0.0858. The van der Waals surface area contributed by atoms with Crippen molar-refractivity contribution in [3.63, 3.8) is 0 Å². The van der Waals surface area contributed by atoms with Crippen LogP contribution in [0.15, 0.2) is 60.7 Å². The molecular formula is C27H30O2. The van der Waals surface area contributed by atoms with Crippen molar-refractivity contribution in [1.29, 1.82) is 0 Å². The lowest BCUT2D eigenvalue weighted by Crippen LogP contribution is -2.20. The zero-order valence-corrected chi connectivity index (χ0v) is 18.3. The average Bonchev–Trinajstić information content (AvgIpc) is 2.66. The highest BCUT2D eigenvalue weighted by molar-refractivity contribution is 5.99. The van der Waals surface area contributed by atoms with E-state index in [1.165, 1.54) is 27.8 Å². The molecule has 150 valence electrons. The zero-order chi connectivity index (χ0) is 21.2. The first-order chi connectivity index (χ1) is 13.6. The minimum Gasteiger partial charge on any atom is -0.489 e. The Morgan fingerprint density at radius 3 is 2.10 bits per heavy atom. The van der Waals surface area contributed by atoms with Crippen LogP contribution < -0.4 is 4.74 Å². The van der Waals surface area contributed by atoms with Crippen LogP contribution in [0.3, 0.4) is 0 Å². The summed E-state index contributed by atoms with van der Waals surface area (Å²) in [6.07, 6.45) is 0. The van der Waals surface area contributed by atoms with E-state index in [1.807, 2.05) is 51.1 Å². The third-order valence-corrected chi connectivity index (χ3v) is 5.15. The summed E-state index contributed by atoms with van der Waals surface area (Å²) in [4.78, 5) is 12.5. The first kappa shape index (κ1) is 20.9. The molecule has 2 nitrogen and oxygen atoms in total. The normalized spacial score (nSPS) is 11.4. The molecule has 0 aliphatic heterocycles. The van der Waals surface area contributed by atoms with E-state index in [2.05, 4.69) is 51.1 Å². The predicted octanol–water partition coefficient (Wildman–Crippen LogP) is 7.09. The molecule has 0 aromatic heterocycles. The lowest BCUT2D eigenvalue weighted by Gasteiger charge is -2.17. The number of carbonyl (C=O) groups excluding carboxylic acids is 1. The number of hydrogen-bond donors (Lipinski definition) is 0. The molecule has 0 spiro atoms. The van der Waals surface area contributed by atoms with E-state index in [0.29, 0.717) is 6.61 Å². The van der Waals surface area contributed by atoms with Gasteiger partial charge in [-0.2, -0.15) is 0 Å². The third-order valence-electron chi connectivity index (χ3n) is 5.15. The monoisotopic (exact) mass is 386 g/mol. The van der Waals surface area contributed by atoms with Crippen LogP contribution >= 0.6 is 0 Å². The van der Waals surface area contributed by atoms with Crippen molar-refractivity contribution in [1.82, 2.24) is 0 Å². The van der Waals surface area contributed by atoms with Crippen LogP contribution in [0.25, 0.3) is 11.1 Å². The van der Waals surface area contributed by atoms with Gasteiger partial charge in [-0.3, -0.25) is 4.79 Å². The van der Waals surface area contributed by atoms with Crippen molar-refractivity contribution in [2.45, 2.75) is 48.1 Å². The maximum absolute atomic E-state index is 12.5. The second-order valence-electron chi connectivity index (χ2n) is 8.86. The Hall–Kier alpha value is -2.87. The first-order valence-electron chi connectivity index (χ1n) is 10.1. The number of ether oxygens (including phenoxy) is 1. The number of ketones is 1. The van der Waals surface area contributed by atoms with Crippen molar-refractivity contribution in [2.24, 2.45) is 5.41 Å². The van der Waals surface area contributed by atoms with E-state index in [0.717, 1.165) is 16.9 Å². The van der Waals surface area contributed by atoms with Gasteiger partial charge >= 0.3 is 0 Å². The lowest BCUT2D eigenvalue weighted by atomic mass is 9.86. The molecule has 0 N–H and O–H groups in total. The van der Waals surface area contributed by atoms with Crippen molar-refractivity contribution in [3.8, 4) is 16.9 Å². The number of hydrogen-bond acceptors (Lipinski definition) is 2. The number of Topliss-reactive ketones (excluding diaryl/α,β-unsaturated/α-hetero) is 1.